The average Bonchev–Trinajstić information content (AvgIpc) is 2.79. The Labute approximate surface area is 130 Å². The highest BCUT2D eigenvalue weighted by atomic mass is 15.2. The highest BCUT2D eigenvalue weighted by Crippen LogP contribution is 2.24. The molecule has 1 aliphatic heterocycles. The molecule has 1 aromatic carbocycles. The fraction of sp³-hybridized carbons (Fsp3) is 0.684. The summed E-state index contributed by atoms with van der Waals surface area (Å²) in [5, 5.41) is 3.72. The van der Waals surface area contributed by atoms with Crippen LogP contribution < -0.4 is 5.32 Å². The maximum atomic E-state index is 3.72. The van der Waals surface area contributed by atoms with Crippen molar-refractivity contribution in [2.75, 3.05) is 26.2 Å². The van der Waals surface area contributed by atoms with Crippen molar-refractivity contribution in [1.29, 1.82) is 0 Å². The van der Waals surface area contributed by atoms with Crippen molar-refractivity contribution in [2.45, 2.75) is 46.6 Å². The van der Waals surface area contributed by atoms with E-state index in [9.17, 15) is 0 Å². The summed E-state index contributed by atoms with van der Waals surface area (Å²) in [6.07, 6.45) is 2.41. The second kappa shape index (κ2) is 7.95. The lowest BCUT2D eigenvalue weighted by molar-refractivity contribution is 0.298. The number of likely N-dealkylation sites (tertiary alicyclic amines) is 1. The Bertz CT molecular complexity index is 402. The molecule has 1 fully saturated rings. The fourth-order valence-electron chi connectivity index (χ4n) is 3.25. The molecule has 3 atom stereocenters. The van der Waals surface area contributed by atoms with Crippen LogP contribution in [0.25, 0.3) is 0 Å². The monoisotopic (exact) mass is 288 g/mol. The molecule has 3 unspecified atom stereocenters. The van der Waals surface area contributed by atoms with Gasteiger partial charge >= 0.3 is 0 Å². The topological polar surface area (TPSA) is 15.3 Å². The third-order valence-electron chi connectivity index (χ3n) is 4.92. The lowest BCUT2D eigenvalue weighted by atomic mass is 10.0. The summed E-state index contributed by atoms with van der Waals surface area (Å²) < 4.78 is 0. The van der Waals surface area contributed by atoms with Crippen LogP contribution in [0.4, 0.5) is 0 Å². The average molecular weight is 288 g/mol. The second-order valence-corrected chi connectivity index (χ2v) is 6.92. The van der Waals surface area contributed by atoms with Crippen molar-refractivity contribution in [3.05, 3.63) is 35.4 Å². The normalized spacial score (nSPS) is 24.4. The van der Waals surface area contributed by atoms with Crippen molar-refractivity contribution in [2.24, 2.45) is 11.8 Å². The van der Waals surface area contributed by atoms with E-state index in [0.29, 0.717) is 6.04 Å². The highest BCUT2D eigenvalue weighted by Gasteiger charge is 2.26. The molecule has 2 rings (SSSR count). The van der Waals surface area contributed by atoms with Crippen LogP contribution in [-0.2, 0) is 0 Å². The molecule has 1 aromatic rings. The Morgan fingerprint density at radius 2 is 1.76 bits per heavy atom. The standard InChI is InChI=1S/C19H32N2/c1-5-11-20-19(18-8-6-15(2)7-9-18)10-12-21-13-16(3)17(4)14-21/h6-9,16-17,19-20H,5,10-14H2,1-4H3. The summed E-state index contributed by atoms with van der Waals surface area (Å²) in [6, 6.07) is 9.54. The minimum Gasteiger partial charge on any atom is -0.310 e. The number of aryl methyl sites for hydroxylation is 1. The van der Waals surface area contributed by atoms with Gasteiger partial charge in [-0.15, -0.1) is 0 Å². The van der Waals surface area contributed by atoms with Crippen molar-refractivity contribution >= 4 is 0 Å². The van der Waals surface area contributed by atoms with Crippen LogP contribution in [0.3, 0.4) is 0 Å². The SMILES string of the molecule is CCCNC(CCN1CC(C)C(C)C1)c1ccc(C)cc1. The molecule has 1 aliphatic rings. The summed E-state index contributed by atoms with van der Waals surface area (Å²) in [4.78, 5) is 2.64. The molecular formula is C19H32N2. The van der Waals surface area contributed by atoms with Crippen LogP contribution in [-0.4, -0.2) is 31.1 Å². The molecular weight excluding hydrogens is 256 g/mol. The molecule has 0 saturated carbocycles. The number of nitrogens with one attached hydrogen (secondary N) is 1. The zero-order valence-electron chi connectivity index (χ0n) is 14.2. The van der Waals surface area contributed by atoms with Crippen LogP contribution in [0, 0.1) is 18.8 Å². The third-order valence-corrected chi connectivity index (χ3v) is 4.92. The molecule has 0 aromatic heterocycles. The Kier molecular flexibility index (Phi) is 6.25. The molecule has 1 saturated heterocycles. The van der Waals surface area contributed by atoms with Gasteiger partial charge < -0.3 is 10.2 Å². The van der Waals surface area contributed by atoms with Gasteiger partial charge in [-0.2, -0.15) is 0 Å². The van der Waals surface area contributed by atoms with Gasteiger partial charge in [0.25, 0.3) is 0 Å². The van der Waals surface area contributed by atoms with Gasteiger partial charge in [0.15, 0.2) is 0 Å². The van der Waals surface area contributed by atoms with Crippen LogP contribution in [0.5, 0.6) is 0 Å². The highest BCUT2D eigenvalue weighted by molar-refractivity contribution is 5.24. The van der Waals surface area contributed by atoms with Crippen LogP contribution in [0.15, 0.2) is 24.3 Å². The summed E-state index contributed by atoms with van der Waals surface area (Å²) in [5.41, 5.74) is 2.78. The number of benzene rings is 1. The van der Waals surface area contributed by atoms with Crippen molar-refractivity contribution in [1.82, 2.24) is 10.2 Å². The Hall–Kier alpha value is -0.860. The van der Waals surface area contributed by atoms with Gasteiger partial charge in [0, 0.05) is 19.1 Å². The van der Waals surface area contributed by atoms with E-state index in [2.05, 4.69) is 62.2 Å². The molecule has 21 heavy (non-hydrogen) atoms. The molecule has 118 valence electrons. The molecule has 2 nitrogen and oxygen atoms in total. The van der Waals surface area contributed by atoms with Crippen LogP contribution in [0.2, 0.25) is 0 Å². The fourth-order valence-corrected chi connectivity index (χ4v) is 3.25. The van der Waals surface area contributed by atoms with Crippen molar-refractivity contribution in [3.8, 4) is 0 Å². The Morgan fingerprint density at radius 1 is 1.14 bits per heavy atom. The van der Waals surface area contributed by atoms with Gasteiger partial charge in [0.1, 0.15) is 0 Å². The van der Waals surface area contributed by atoms with Crippen LogP contribution >= 0.6 is 0 Å². The minimum absolute atomic E-state index is 0.497. The van der Waals surface area contributed by atoms with E-state index in [-0.39, 0.29) is 0 Å². The number of nitrogens with zero attached hydrogens (tertiary/aromatic N) is 1. The first kappa shape index (κ1) is 16.5. The molecule has 0 radical (unpaired) electrons. The molecule has 1 N–H and O–H groups in total. The van der Waals surface area contributed by atoms with E-state index in [0.717, 1.165) is 18.4 Å². The van der Waals surface area contributed by atoms with E-state index in [1.807, 2.05) is 0 Å². The van der Waals surface area contributed by atoms with Gasteiger partial charge in [-0.1, -0.05) is 50.6 Å². The smallest absolute Gasteiger partial charge is 0.0332 e. The zero-order valence-corrected chi connectivity index (χ0v) is 14.2. The first-order chi connectivity index (χ1) is 10.1. The van der Waals surface area contributed by atoms with E-state index in [1.165, 1.54) is 43.6 Å². The van der Waals surface area contributed by atoms with E-state index < -0.39 is 0 Å². The lowest BCUT2D eigenvalue weighted by Crippen LogP contribution is -2.29. The van der Waals surface area contributed by atoms with E-state index >= 15 is 0 Å². The minimum atomic E-state index is 0.497. The zero-order chi connectivity index (χ0) is 15.2. The largest absolute Gasteiger partial charge is 0.310 e. The second-order valence-electron chi connectivity index (χ2n) is 6.92. The molecule has 0 amide bonds. The first-order valence-corrected chi connectivity index (χ1v) is 8.62. The summed E-state index contributed by atoms with van der Waals surface area (Å²) in [5.74, 6) is 1.71. The molecule has 2 heteroatoms. The molecule has 0 bridgehead atoms. The summed E-state index contributed by atoms with van der Waals surface area (Å²) >= 11 is 0. The first-order valence-electron chi connectivity index (χ1n) is 8.62. The molecule has 0 aliphatic carbocycles. The molecule has 1 heterocycles. The number of hydrogen-bond acceptors (Lipinski definition) is 2. The van der Waals surface area contributed by atoms with E-state index in [1.54, 1.807) is 0 Å². The maximum Gasteiger partial charge on any atom is 0.0332 e. The third kappa shape index (κ3) is 4.82. The summed E-state index contributed by atoms with van der Waals surface area (Å²) in [6.45, 7) is 14.0. The van der Waals surface area contributed by atoms with Crippen molar-refractivity contribution < 1.29 is 0 Å². The maximum absolute atomic E-state index is 3.72. The summed E-state index contributed by atoms with van der Waals surface area (Å²) in [7, 11) is 0. The number of hydrogen-bond donors (Lipinski definition) is 1. The van der Waals surface area contributed by atoms with E-state index in [4.69, 9.17) is 0 Å². The Balaban J connectivity index is 1.92. The predicted octanol–water partition coefficient (Wildman–Crippen LogP) is 4.01. The van der Waals surface area contributed by atoms with Gasteiger partial charge in [0.2, 0.25) is 0 Å². The van der Waals surface area contributed by atoms with Crippen LogP contribution in [0.1, 0.15) is 50.8 Å². The van der Waals surface area contributed by atoms with Gasteiger partial charge in [-0.05, 0) is 50.3 Å². The van der Waals surface area contributed by atoms with Gasteiger partial charge in [-0.3, -0.25) is 0 Å². The lowest BCUT2D eigenvalue weighted by Gasteiger charge is -2.23. The number of rotatable bonds is 7. The quantitative estimate of drug-likeness (QED) is 0.815. The van der Waals surface area contributed by atoms with Crippen molar-refractivity contribution in [3.63, 3.8) is 0 Å². The van der Waals surface area contributed by atoms with Gasteiger partial charge in [-0.25, -0.2) is 0 Å². The predicted molar refractivity (Wildman–Crippen MR) is 91.6 cm³/mol. The van der Waals surface area contributed by atoms with Gasteiger partial charge in [0.05, 0.1) is 0 Å². The Morgan fingerprint density at radius 3 is 2.33 bits per heavy atom. The molecule has 0 spiro atoms.